The van der Waals surface area contributed by atoms with E-state index in [0.29, 0.717) is 25.7 Å². The van der Waals surface area contributed by atoms with Crippen molar-refractivity contribution in [3.8, 4) is 0 Å². The fourth-order valence-corrected chi connectivity index (χ4v) is 7.91. The Kier molecular flexibility index (Phi) is 12.2. The predicted molar refractivity (Wildman–Crippen MR) is 205 cm³/mol. The number of carbonyl (C=O) groups excluding carboxylic acids is 2. The zero-order valence-electron chi connectivity index (χ0n) is 30.7. The minimum Gasteiger partial charge on any atom is -0.387 e. The predicted octanol–water partition coefficient (Wildman–Crippen LogP) is 7.34. The van der Waals surface area contributed by atoms with Gasteiger partial charge in [-0.15, -0.1) is 0 Å². The van der Waals surface area contributed by atoms with Crippen molar-refractivity contribution in [2.75, 3.05) is 0 Å². The first-order chi connectivity index (χ1) is 24.3. The van der Waals surface area contributed by atoms with Crippen LogP contribution in [0.3, 0.4) is 0 Å². The van der Waals surface area contributed by atoms with Crippen LogP contribution in [0.15, 0.2) is 121 Å². The number of benzene rings is 4. The average Bonchev–Trinajstić information content (AvgIpc) is 3.92. The van der Waals surface area contributed by atoms with Crippen molar-refractivity contribution >= 4 is 11.8 Å². The summed E-state index contributed by atoms with van der Waals surface area (Å²) in [5.74, 6) is -0.884. The van der Waals surface area contributed by atoms with Crippen molar-refractivity contribution in [3.63, 3.8) is 0 Å². The standard InChI is InChI=1S/C45H56N2O4/c1-33(2)27-39(44(50,29-35-17-9-5-10-18-35)30-36-19-11-6-12-20-36)47(42(49)43(25-26-43)41(46)48)40(28-34(3)4)45(51,31-37-21-13-7-14-22-37)32-38-23-15-8-16-24-38/h5-24,33-34,39-40,50-51H,25-32H2,1-4H3,(H2,46,48). The molecule has 51 heavy (non-hydrogen) atoms. The molecule has 5 rings (SSSR count). The van der Waals surface area contributed by atoms with Gasteiger partial charge in [-0.1, -0.05) is 149 Å². The lowest BCUT2D eigenvalue weighted by atomic mass is 9.73. The van der Waals surface area contributed by atoms with Crippen LogP contribution >= 0.6 is 0 Å². The first kappa shape index (κ1) is 38.0. The van der Waals surface area contributed by atoms with E-state index in [9.17, 15) is 15.0 Å². The van der Waals surface area contributed by atoms with Gasteiger partial charge in [-0.05, 0) is 59.8 Å². The molecule has 0 saturated heterocycles. The molecular formula is C45H56N2O4. The maximum atomic E-state index is 15.4. The largest absolute Gasteiger partial charge is 0.387 e. The summed E-state index contributed by atoms with van der Waals surface area (Å²) in [6.45, 7) is 8.39. The Balaban J connectivity index is 1.77. The Morgan fingerprint density at radius 1 is 0.588 bits per heavy atom. The van der Waals surface area contributed by atoms with Crippen LogP contribution in [0.2, 0.25) is 0 Å². The number of rotatable bonds is 18. The topological polar surface area (TPSA) is 104 Å². The first-order valence-corrected chi connectivity index (χ1v) is 18.6. The highest BCUT2D eigenvalue weighted by Gasteiger charge is 2.61. The number of carbonyl (C=O) groups is 2. The van der Waals surface area contributed by atoms with Crippen molar-refractivity contribution in [2.45, 2.75) is 102 Å². The van der Waals surface area contributed by atoms with Gasteiger partial charge in [-0.3, -0.25) is 9.59 Å². The first-order valence-electron chi connectivity index (χ1n) is 18.6. The van der Waals surface area contributed by atoms with E-state index in [0.717, 1.165) is 22.3 Å². The summed E-state index contributed by atoms with van der Waals surface area (Å²) in [4.78, 5) is 30.4. The van der Waals surface area contributed by atoms with Crippen LogP contribution in [-0.4, -0.2) is 50.2 Å². The number of nitrogens with zero attached hydrogens (tertiary/aromatic N) is 1. The Bertz CT molecular complexity index is 1500. The van der Waals surface area contributed by atoms with Gasteiger partial charge in [0, 0.05) is 25.7 Å². The lowest BCUT2D eigenvalue weighted by Gasteiger charge is -2.53. The molecule has 6 heteroatoms. The molecule has 1 fully saturated rings. The van der Waals surface area contributed by atoms with Crippen molar-refractivity contribution < 1.29 is 19.8 Å². The molecule has 2 amide bonds. The fourth-order valence-electron chi connectivity index (χ4n) is 7.91. The van der Waals surface area contributed by atoms with Crippen LogP contribution in [0.5, 0.6) is 0 Å². The van der Waals surface area contributed by atoms with E-state index in [-0.39, 0.29) is 43.4 Å². The second kappa shape index (κ2) is 16.4. The van der Waals surface area contributed by atoms with Gasteiger partial charge in [0.05, 0.1) is 23.3 Å². The number of primary amides is 1. The number of nitrogens with two attached hydrogens (primary N) is 1. The van der Waals surface area contributed by atoms with Crippen molar-refractivity contribution in [2.24, 2.45) is 23.0 Å². The molecule has 4 N–H and O–H groups in total. The van der Waals surface area contributed by atoms with Gasteiger partial charge in [0.1, 0.15) is 5.41 Å². The van der Waals surface area contributed by atoms with Crippen LogP contribution in [0.25, 0.3) is 0 Å². The molecular weight excluding hydrogens is 633 g/mol. The number of hydrogen-bond donors (Lipinski definition) is 3. The van der Waals surface area contributed by atoms with Gasteiger partial charge < -0.3 is 20.8 Å². The van der Waals surface area contributed by atoms with E-state index in [4.69, 9.17) is 5.73 Å². The normalized spacial score (nSPS) is 15.4. The second-order valence-electron chi connectivity index (χ2n) is 15.8. The quantitative estimate of drug-likeness (QED) is 0.0952. The average molecular weight is 689 g/mol. The van der Waals surface area contributed by atoms with Gasteiger partial charge >= 0.3 is 0 Å². The lowest BCUT2D eigenvalue weighted by molar-refractivity contribution is -0.168. The highest BCUT2D eigenvalue weighted by atomic mass is 16.3. The molecule has 0 radical (unpaired) electrons. The van der Waals surface area contributed by atoms with Crippen LogP contribution in [0.1, 0.15) is 75.6 Å². The number of hydrogen-bond acceptors (Lipinski definition) is 4. The van der Waals surface area contributed by atoms with E-state index in [1.54, 1.807) is 4.90 Å². The Morgan fingerprint density at radius 2 is 0.863 bits per heavy atom. The summed E-state index contributed by atoms with van der Waals surface area (Å²) in [6.07, 6.45) is 2.72. The molecule has 4 aromatic carbocycles. The summed E-state index contributed by atoms with van der Waals surface area (Å²) in [5, 5.41) is 26.8. The SMILES string of the molecule is CC(C)CC(N(C(=O)C1(C(N)=O)CC1)C(CC(C)C)C(O)(Cc1ccccc1)Cc1ccccc1)C(O)(Cc1ccccc1)Cc1ccccc1. The minimum absolute atomic E-state index is 0.0724. The maximum Gasteiger partial charge on any atom is 0.238 e. The molecule has 2 atom stereocenters. The van der Waals surface area contributed by atoms with Crippen LogP contribution in [0.4, 0.5) is 0 Å². The van der Waals surface area contributed by atoms with E-state index in [1.165, 1.54) is 0 Å². The van der Waals surface area contributed by atoms with Gasteiger partial charge in [0.15, 0.2) is 0 Å². The molecule has 1 saturated carbocycles. The number of amides is 2. The third kappa shape index (κ3) is 9.35. The molecule has 1 aliphatic rings. The molecule has 4 aromatic rings. The van der Waals surface area contributed by atoms with E-state index < -0.39 is 34.6 Å². The summed E-state index contributed by atoms with van der Waals surface area (Å²) in [6, 6.07) is 38.1. The zero-order valence-corrected chi connectivity index (χ0v) is 30.7. The van der Waals surface area contributed by atoms with Crippen LogP contribution in [-0.2, 0) is 35.3 Å². The van der Waals surface area contributed by atoms with Crippen LogP contribution in [0, 0.1) is 17.3 Å². The van der Waals surface area contributed by atoms with Crippen molar-refractivity contribution in [3.05, 3.63) is 144 Å². The second-order valence-corrected chi connectivity index (χ2v) is 15.8. The maximum absolute atomic E-state index is 15.4. The minimum atomic E-state index is -1.47. The summed E-state index contributed by atoms with van der Waals surface area (Å²) >= 11 is 0. The lowest BCUT2D eigenvalue weighted by Crippen LogP contribution is -2.68. The molecule has 0 heterocycles. The smallest absolute Gasteiger partial charge is 0.238 e. The summed E-state index contributed by atoms with van der Waals surface area (Å²) in [5.41, 5.74) is 5.54. The molecule has 1 aliphatic carbocycles. The molecule has 0 bridgehead atoms. The third-order valence-electron chi connectivity index (χ3n) is 10.6. The third-order valence-corrected chi connectivity index (χ3v) is 10.6. The monoisotopic (exact) mass is 688 g/mol. The van der Waals surface area contributed by atoms with Gasteiger partial charge in [0.25, 0.3) is 0 Å². The summed E-state index contributed by atoms with van der Waals surface area (Å²) < 4.78 is 0. The van der Waals surface area contributed by atoms with Gasteiger partial charge in [-0.25, -0.2) is 0 Å². The van der Waals surface area contributed by atoms with Gasteiger partial charge in [-0.2, -0.15) is 0 Å². The van der Waals surface area contributed by atoms with Crippen molar-refractivity contribution in [1.29, 1.82) is 0 Å². The molecule has 2 unspecified atom stereocenters. The number of aliphatic hydroxyl groups is 2. The Hall–Kier alpha value is -4.26. The van der Waals surface area contributed by atoms with E-state index in [1.807, 2.05) is 121 Å². The van der Waals surface area contributed by atoms with E-state index >= 15 is 4.79 Å². The highest BCUT2D eigenvalue weighted by Crippen LogP contribution is 2.50. The molecule has 0 aromatic heterocycles. The zero-order chi connectivity index (χ0) is 36.6. The molecule has 6 nitrogen and oxygen atoms in total. The van der Waals surface area contributed by atoms with Crippen LogP contribution < -0.4 is 5.73 Å². The van der Waals surface area contributed by atoms with E-state index in [2.05, 4.69) is 27.7 Å². The highest BCUT2D eigenvalue weighted by molar-refractivity contribution is 6.07. The molecule has 270 valence electrons. The Labute approximate surface area is 304 Å². The molecule has 0 aliphatic heterocycles. The van der Waals surface area contributed by atoms with Gasteiger partial charge in [0.2, 0.25) is 11.8 Å². The summed E-state index contributed by atoms with van der Waals surface area (Å²) in [7, 11) is 0. The molecule has 0 spiro atoms. The van der Waals surface area contributed by atoms with Crippen molar-refractivity contribution in [1.82, 2.24) is 4.90 Å². The fraction of sp³-hybridized carbons (Fsp3) is 0.422. The Morgan fingerprint density at radius 3 is 1.08 bits per heavy atom.